The third-order valence-electron chi connectivity index (χ3n) is 4.65. The van der Waals surface area contributed by atoms with Gasteiger partial charge in [-0.2, -0.15) is 0 Å². The minimum Gasteiger partial charge on any atom is -0.331 e. The highest BCUT2D eigenvalue weighted by Crippen LogP contribution is 2.32. The Kier molecular flexibility index (Phi) is 4.74. The SMILES string of the molecule is Cc1nc2sc3c(c2c(=O)n1NC(=S)Nc1ccccc1)CCCCC3. The zero-order valence-corrected chi connectivity index (χ0v) is 16.2. The number of benzene rings is 1. The summed E-state index contributed by atoms with van der Waals surface area (Å²) in [5, 5.41) is 4.22. The van der Waals surface area contributed by atoms with Crippen molar-refractivity contribution in [2.24, 2.45) is 0 Å². The fourth-order valence-corrected chi connectivity index (χ4v) is 4.90. The van der Waals surface area contributed by atoms with Gasteiger partial charge in [-0.3, -0.25) is 10.2 Å². The standard InChI is InChI=1S/C19H20N4OS2/c1-12-20-17-16(14-10-6-3-7-11-15(14)26-17)18(24)23(12)22-19(25)21-13-8-4-2-5-9-13/h2,4-5,8-9H,3,6-7,10-11H2,1H3,(H2,21,22,25). The van der Waals surface area contributed by atoms with E-state index in [2.05, 4.69) is 15.7 Å². The van der Waals surface area contributed by atoms with Crippen molar-refractivity contribution >= 4 is 44.6 Å². The van der Waals surface area contributed by atoms with Crippen LogP contribution in [0.2, 0.25) is 0 Å². The van der Waals surface area contributed by atoms with Crippen LogP contribution in [0.15, 0.2) is 35.1 Å². The average Bonchev–Trinajstić information content (AvgIpc) is 2.81. The second-order valence-electron chi connectivity index (χ2n) is 6.48. The molecular formula is C19H20N4OS2. The quantitative estimate of drug-likeness (QED) is 0.517. The van der Waals surface area contributed by atoms with Crippen molar-refractivity contribution in [1.82, 2.24) is 9.66 Å². The molecule has 0 saturated carbocycles. The molecule has 26 heavy (non-hydrogen) atoms. The van der Waals surface area contributed by atoms with Gasteiger partial charge >= 0.3 is 0 Å². The van der Waals surface area contributed by atoms with E-state index >= 15 is 0 Å². The molecule has 1 aliphatic carbocycles. The van der Waals surface area contributed by atoms with E-state index in [0.29, 0.717) is 10.9 Å². The largest absolute Gasteiger partial charge is 0.331 e. The number of rotatable bonds is 2. The second-order valence-corrected chi connectivity index (χ2v) is 7.97. The molecule has 3 aromatic rings. The first kappa shape index (κ1) is 17.2. The number of anilines is 1. The highest BCUT2D eigenvalue weighted by atomic mass is 32.1. The van der Waals surface area contributed by atoms with Crippen molar-refractivity contribution in [2.75, 3.05) is 10.7 Å². The first-order chi connectivity index (χ1) is 12.6. The van der Waals surface area contributed by atoms with Crippen molar-refractivity contribution in [1.29, 1.82) is 0 Å². The molecule has 0 radical (unpaired) electrons. The molecule has 0 atom stereocenters. The molecule has 5 nitrogen and oxygen atoms in total. The number of fused-ring (bicyclic) bond motifs is 3. The van der Waals surface area contributed by atoms with Gasteiger partial charge in [-0.05, 0) is 62.5 Å². The van der Waals surface area contributed by atoms with Crippen LogP contribution in [-0.2, 0) is 12.8 Å². The number of aromatic nitrogens is 2. The molecule has 0 amide bonds. The van der Waals surface area contributed by atoms with Gasteiger partial charge in [-0.25, -0.2) is 9.66 Å². The number of nitrogens with one attached hydrogen (secondary N) is 2. The smallest absolute Gasteiger partial charge is 0.281 e. The van der Waals surface area contributed by atoms with Gasteiger partial charge in [0.2, 0.25) is 0 Å². The summed E-state index contributed by atoms with van der Waals surface area (Å²) in [5.41, 5.74) is 4.99. The van der Waals surface area contributed by atoms with E-state index < -0.39 is 0 Å². The summed E-state index contributed by atoms with van der Waals surface area (Å²) in [5.74, 6) is 0.608. The third-order valence-corrected chi connectivity index (χ3v) is 6.03. The predicted molar refractivity (Wildman–Crippen MR) is 112 cm³/mol. The summed E-state index contributed by atoms with van der Waals surface area (Å²) in [6.07, 6.45) is 5.56. The van der Waals surface area contributed by atoms with Gasteiger partial charge < -0.3 is 5.32 Å². The molecular weight excluding hydrogens is 364 g/mol. The lowest BCUT2D eigenvalue weighted by Crippen LogP contribution is -2.37. The molecule has 0 unspecified atom stereocenters. The maximum Gasteiger partial charge on any atom is 0.281 e. The predicted octanol–water partition coefficient (Wildman–Crippen LogP) is 3.98. The number of aryl methyl sites for hydroxylation is 3. The Bertz CT molecular complexity index is 1020. The normalized spacial score (nSPS) is 13.9. The van der Waals surface area contributed by atoms with Crippen LogP contribution in [0.5, 0.6) is 0 Å². The van der Waals surface area contributed by atoms with Crippen molar-refractivity contribution in [3.63, 3.8) is 0 Å². The molecule has 134 valence electrons. The van der Waals surface area contributed by atoms with Gasteiger partial charge in [-0.1, -0.05) is 24.6 Å². The molecule has 7 heteroatoms. The third kappa shape index (κ3) is 3.24. The summed E-state index contributed by atoms with van der Waals surface area (Å²) in [6.45, 7) is 1.82. The molecule has 2 N–H and O–H groups in total. The molecule has 2 aromatic heterocycles. The van der Waals surface area contributed by atoms with E-state index in [0.717, 1.165) is 35.2 Å². The molecule has 0 spiro atoms. The van der Waals surface area contributed by atoms with Crippen molar-refractivity contribution in [2.45, 2.75) is 39.0 Å². The van der Waals surface area contributed by atoms with Crippen LogP contribution in [0.3, 0.4) is 0 Å². The Morgan fingerprint density at radius 3 is 2.77 bits per heavy atom. The van der Waals surface area contributed by atoms with Crippen LogP contribution < -0.4 is 16.3 Å². The Balaban J connectivity index is 1.70. The van der Waals surface area contributed by atoms with Gasteiger partial charge in [0.15, 0.2) is 5.11 Å². The van der Waals surface area contributed by atoms with Gasteiger partial charge in [0.25, 0.3) is 5.56 Å². The van der Waals surface area contributed by atoms with E-state index in [4.69, 9.17) is 12.2 Å². The lowest BCUT2D eigenvalue weighted by molar-refractivity contribution is 0.713. The first-order valence-corrected chi connectivity index (χ1v) is 10.0. The number of nitrogens with zero attached hydrogens (tertiary/aromatic N) is 2. The summed E-state index contributed by atoms with van der Waals surface area (Å²) in [4.78, 5) is 20.0. The summed E-state index contributed by atoms with van der Waals surface area (Å²) in [7, 11) is 0. The maximum atomic E-state index is 13.2. The highest BCUT2D eigenvalue weighted by Gasteiger charge is 2.20. The number of thiocarbonyl (C=S) groups is 1. The summed E-state index contributed by atoms with van der Waals surface area (Å²) >= 11 is 7.05. The number of para-hydroxylation sites is 1. The minimum absolute atomic E-state index is 0.0656. The molecule has 0 saturated heterocycles. The highest BCUT2D eigenvalue weighted by molar-refractivity contribution is 7.80. The molecule has 0 fully saturated rings. The number of hydrogen-bond acceptors (Lipinski definition) is 4. The van der Waals surface area contributed by atoms with E-state index in [-0.39, 0.29) is 5.56 Å². The van der Waals surface area contributed by atoms with Gasteiger partial charge in [0.1, 0.15) is 10.7 Å². The molecule has 1 aliphatic rings. The maximum absolute atomic E-state index is 13.2. The lowest BCUT2D eigenvalue weighted by atomic mass is 10.1. The van der Waals surface area contributed by atoms with Gasteiger partial charge in [0.05, 0.1) is 5.39 Å². The molecule has 1 aromatic carbocycles. The molecule has 4 rings (SSSR count). The van der Waals surface area contributed by atoms with Gasteiger partial charge in [0, 0.05) is 10.6 Å². The van der Waals surface area contributed by atoms with Crippen molar-refractivity contribution < 1.29 is 0 Å². The van der Waals surface area contributed by atoms with Gasteiger partial charge in [-0.15, -0.1) is 11.3 Å². The molecule has 0 aliphatic heterocycles. The monoisotopic (exact) mass is 384 g/mol. The number of thiophene rings is 1. The molecule has 0 bridgehead atoms. The van der Waals surface area contributed by atoms with E-state index in [9.17, 15) is 4.79 Å². The van der Waals surface area contributed by atoms with Crippen molar-refractivity contribution in [3.8, 4) is 0 Å². The first-order valence-electron chi connectivity index (χ1n) is 8.80. The fraction of sp³-hybridized carbons (Fsp3) is 0.316. The van der Waals surface area contributed by atoms with E-state index in [1.807, 2.05) is 37.3 Å². The van der Waals surface area contributed by atoms with E-state index in [1.54, 1.807) is 11.3 Å². The Labute approximate surface area is 161 Å². The topological polar surface area (TPSA) is 59.0 Å². The van der Waals surface area contributed by atoms with Crippen LogP contribution >= 0.6 is 23.6 Å². The molecule has 2 heterocycles. The van der Waals surface area contributed by atoms with E-state index in [1.165, 1.54) is 28.0 Å². The second kappa shape index (κ2) is 7.17. The summed E-state index contributed by atoms with van der Waals surface area (Å²) < 4.78 is 1.46. The van der Waals surface area contributed by atoms with Crippen LogP contribution in [0.1, 0.15) is 35.5 Å². The average molecular weight is 385 g/mol. The Morgan fingerprint density at radius 2 is 1.96 bits per heavy atom. The van der Waals surface area contributed by atoms with Crippen LogP contribution in [0, 0.1) is 6.92 Å². The van der Waals surface area contributed by atoms with Crippen LogP contribution in [-0.4, -0.2) is 14.8 Å². The zero-order valence-electron chi connectivity index (χ0n) is 14.5. The zero-order chi connectivity index (χ0) is 18.1. The van der Waals surface area contributed by atoms with Crippen LogP contribution in [0.4, 0.5) is 5.69 Å². The summed E-state index contributed by atoms with van der Waals surface area (Å²) in [6, 6.07) is 9.64. The number of hydrogen-bond donors (Lipinski definition) is 2. The fourth-order valence-electron chi connectivity index (χ4n) is 3.40. The Morgan fingerprint density at radius 1 is 1.19 bits per heavy atom. The van der Waals surface area contributed by atoms with Crippen molar-refractivity contribution in [3.05, 3.63) is 57.0 Å². The Hall–Kier alpha value is -2.25. The van der Waals surface area contributed by atoms with Crippen LogP contribution in [0.25, 0.3) is 10.2 Å². The minimum atomic E-state index is -0.0656. The lowest BCUT2D eigenvalue weighted by Gasteiger charge is -2.14.